The Bertz CT molecular complexity index is 7650. The van der Waals surface area contributed by atoms with Gasteiger partial charge in [-0.3, -0.25) is 24.5 Å². The van der Waals surface area contributed by atoms with Crippen LogP contribution in [0.4, 0.5) is 5.69 Å². The van der Waals surface area contributed by atoms with Crippen LogP contribution in [0.25, 0.3) is 66.9 Å². The van der Waals surface area contributed by atoms with Crippen molar-refractivity contribution in [2.75, 3.05) is 0 Å². The molecule has 0 saturated heterocycles. The lowest BCUT2D eigenvalue weighted by Gasteiger charge is -2.20. The zero-order valence-electron chi connectivity index (χ0n) is 73.7. The largest absolute Gasteiger partial charge is 0.508 e. The predicted molar refractivity (Wildman–Crippen MR) is 526 cm³/mol. The Hall–Kier alpha value is -19.4. The van der Waals surface area contributed by atoms with E-state index in [1.807, 2.05) is 0 Å². The van der Waals surface area contributed by atoms with Gasteiger partial charge in [0.15, 0.2) is 178 Å². The maximum absolute atomic E-state index is 12.0. The molecule has 1 unspecified atom stereocenters. The molecule has 14 aromatic carbocycles. The quantitative estimate of drug-likeness (QED) is 0.0107. The molecular weight excluding hydrogens is 2030 g/mol. The zero-order chi connectivity index (χ0) is 105. The molecular formula is C101H80Br2N6O34S. The number of phenolic OH excluding ortho intramolecular Hbond substituents is 28. The van der Waals surface area contributed by atoms with Crippen molar-refractivity contribution in [1.82, 2.24) is 20.2 Å². The minimum absolute atomic E-state index is 0.150. The number of allylic oxidation sites excluding steroid dienone is 2. The van der Waals surface area contributed by atoms with Crippen LogP contribution >= 0.6 is 43.2 Å². The number of carbonyl (C=O) groups excluding carboxylic acids is 3. The maximum atomic E-state index is 12.0. The molecule has 1 amide bonds. The average molecular weight is 2110 g/mol. The first kappa shape index (κ1) is 105. The van der Waals surface area contributed by atoms with Crippen molar-refractivity contribution >= 4 is 84.2 Å². The normalized spacial score (nSPS) is 11.7. The molecule has 0 spiro atoms. The van der Waals surface area contributed by atoms with Gasteiger partial charge in [-0.2, -0.15) is 5.10 Å². The summed E-state index contributed by atoms with van der Waals surface area (Å²) in [6.07, 6.45) is 8.87. The summed E-state index contributed by atoms with van der Waals surface area (Å²) >= 11 is 7.45. The third-order valence-corrected chi connectivity index (χ3v) is 22.9. The van der Waals surface area contributed by atoms with Crippen LogP contribution < -0.4 is 0 Å². The number of phenols is 28. The number of nitro groups is 1. The number of halogens is 2. The first-order valence-corrected chi connectivity index (χ1v) is 43.5. The van der Waals surface area contributed by atoms with Crippen LogP contribution in [-0.4, -0.2) is 191 Å². The maximum Gasteiger partial charge on any atom is 0.277 e. The number of aromatic nitrogens is 3. The van der Waals surface area contributed by atoms with Crippen molar-refractivity contribution in [3.63, 3.8) is 0 Å². The molecule has 1 atom stereocenters. The summed E-state index contributed by atoms with van der Waals surface area (Å²) in [7, 11) is 0. The molecule has 0 aliphatic carbocycles. The van der Waals surface area contributed by atoms with Crippen LogP contribution in [0.5, 0.6) is 161 Å². The van der Waals surface area contributed by atoms with Crippen molar-refractivity contribution in [3.05, 3.63) is 319 Å². The second-order valence-corrected chi connectivity index (χ2v) is 33.2. The molecule has 3 heterocycles. The SMILES string of the molecule is CC(=O)N1N=C(c2ccc(O)c(O)c2)CC1c1ccc(O)c(O)c1.O=C(/C=C/c1cc(O)c(O)cc1Br)c1ccc(O)c(O)c1.O=C(/C=C/c1ccc(O)c(O)c1)c1cc(O)c(O)cc1Br.O=[N+]([O-])c1cc(-c2ccc(O)c(O)c2)ccc1-c1ccc(O)c(O)c1.Oc1ccc(-c2cnco2)cc1O.Oc1ccc(-c2nnc(-c3cc(O)c(O)cc3O)s2)cc1O.Oc1ccc(Cc2cc(O)c(O)cc2O)cc1O. The second kappa shape index (κ2) is 46.1. The van der Waals surface area contributed by atoms with E-state index >= 15 is 0 Å². The molecule has 144 heavy (non-hydrogen) atoms. The number of nitro benzene ring substituents is 1. The van der Waals surface area contributed by atoms with Gasteiger partial charge in [0.1, 0.15) is 16.5 Å². The summed E-state index contributed by atoms with van der Waals surface area (Å²) < 4.78 is 5.87. The van der Waals surface area contributed by atoms with Gasteiger partial charge in [-0.1, -0.05) is 69.7 Å². The minimum Gasteiger partial charge on any atom is -0.508 e. The number of nitrogens with zero attached hydrogens (tertiary/aromatic N) is 6. The van der Waals surface area contributed by atoms with Gasteiger partial charge in [-0.25, -0.2) is 9.99 Å². The number of hydrogen-bond acceptors (Lipinski definition) is 39. The number of oxazole rings is 1. The van der Waals surface area contributed by atoms with Gasteiger partial charge in [0, 0.05) is 80.3 Å². The Kier molecular flexibility index (Phi) is 33.7. The molecule has 17 rings (SSSR count). The second-order valence-electron chi connectivity index (χ2n) is 30.5. The van der Waals surface area contributed by atoms with Crippen molar-refractivity contribution in [2.45, 2.75) is 25.8 Å². The molecule has 738 valence electrons. The lowest BCUT2D eigenvalue weighted by molar-refractivity contribution is -0.384. The highest BCUT2D eigenvalue weighted by Crippen LogP contribution is 2.46. The van der Waals surface area contributed by atoms with Crippen molar-refractivity contribution in [3.8, 4) is 216 Å². The van der Waals surface area contributed by atoms with E-state index in [-0.39, 0.29) is 190 Å². The molecule has 0 bridgehead atoms. The Labute approximate surface area is 831 Å². The van der Waals surface area contributed by atoms with Crippen molar-refractivity contribution in [1.29, 1.82) is 0 Å². The molecule has 0 saturated carbocycles. The van der Waals surface area contributed by atoms with Gasteiger partial charge in [0.05, 0.1) is 34.0 Å². The summed E-state index contributed by atoms with van der Waals surface area (Å²) in [6.45, 7) is 1.38. The summed E-state index contributed by atoms with van der Waals surface area (Å²) in [5.41, 5.74) is 7.11. The Morgan fingerprint density at radius 3 is 1.38 bits per heavy atom. The van der Waals surface area contributed by atoms with Crippen LogP contribution in [0.3, 0.4) is 0 Å². The molecule has 28 N–H and O–H groups in total. The van der Waals surface area contributed by atoms with E-state index in [1.54, 1.807) is 36.4 Å². The lowest BCUT2D eigenvalue weighted by atomic mass is 9.98. The standard InChI is InChI=1S/C18H13NO6.C17H16N2O5.2C15H11BrO5.C14H10N2O5S.C13H12O5.C9H7NO3/c20-15-5-2-11(8-17(15)22)10-1-4-13(14(7-10)19(24)25)12-3-6-16(21)18(23)9-12;1-9(20)19-13(11-3-5-15(22)17(24)7-11)8-12(18-19)10-2-4-14(21)16(23)6-10;16-10-7-15(21)14(20)5-8(10)1-3-11(17)9-2-4-12(18)13(19)6-9;16-10-7-15(21)14(20)6-9(10)11(17)3-1-8-2-4-12(18)13(19)5-8;17-8-2-1-6(3-10(8)19)13-15-16-14(22-13)7-4-11(20)12(21)5-9(7)18;14-9-2-1-7(4-11(9)16)3-8-5-12(17)13(18)6-10(8)15;11-7-2-1-6(3-8(7)12)9-4-10-5-13-9/h1-9,20-23H;2-7,13,21-24H,8H2,1H3;2*1-7,18-21H;1-5,17-21H;1-2,4-6,14-18H,3H2;1-5,11-12H/b;;2*3-1+;;;. The van der Waals surface area contributed by atoms with E-state index in [9.17, 15) is 162 Å². The number of amides is 1. The molecule has 43 heteroatoms. The number of hydrazone groups is 1. The van der Waals surface area contributed by atoms with E-state index in [0.29, 0.717) is 98.1 Å². The van der Waals surface area contributed by atoms with Crippen LogP contribution in [0, 0.1) is 10.1 Å². The molecule has 16 aromatic rings. The van der Waals surface area contributed by atoms with Gasteiger partial charge in [0.25, 0.3) is 5.69 Å². The van der Waals surface area contributed by atoms with E-state index < -0.39 is 34.0 Å². The number of benzene rings is 14. The summed E-state index contributed by atoms with van der Waals surface area (Å²) in [5.74, 6) is -8.58. The van der Waals surface area contributed by atoms with Crippen LogP contribution in [0.2, 0.25) is 0 Å². The van der Waals surface area contributed by atoms with E-state index in [2.05, 4.69) is 52.1 Å². The summed E-state index contributed by atoms with van der Waals surface area (Å²) in [6, 6.07) is 51.2. The summed E-state index contributed by atoms with van der Waals surface area (Å²) in [4.78, 5) is 50.5. The monoisotopic (exact) mass is 2110 g/mol. The summed E-state index contributed by atoms with van der Waals surface area (Å²) in [5, 5.41) is 289. The van der Waals surface area contributed by atoms with E-state index in [4.69, 9.17) is 9.52 Å². The highest BCUT2D eigenvalue weighted by Gasteiger charge is 2.33. The third-order valence-electron chi connectivity index (χ3n) is 20.5. The van der Waals surface area contributed by atoms with Crippen molar-refractivity contribution in [2.24, 2.45) is 5.10 Å². The molecule has 1 aliphatic heterocycles. The molecule has 2 aromatic heterocycles. The number of ketones is 2. The van der Waals surface area contributed by atoms with Gasteiger partial charge in [0.2, 0.25) is 5.91 Å². The number of aromatic hydroxyl groups is 28. The van der Waals surface area contributed by atoms with Gasteiger partial charge in [-0.05, 0) is 249 Å². The Balaban J connectivity index is 0.000000161. The van der Waals surface area contributed by atoms with E-state index in [1.165, 1.54) is 219 Å². The lowest BCUT2D eigenvalue weighted by Crippen LogP contribution is -2.24. The van der Waals surface area contributed by atoms with Gasteiger partial charge < -0.3 is 147 Å². The number of carbonyl (C=O) groups is 3. The number of rotatable bonds is 16. The highest BCUT2D eigenvalue weighted by atomic mass is 79.9. The highest BCUT2D eigenvalue weighted by molar-refractivity contribution is 9.10. The van der Waals surface area contributed by atoms with Gasteiger partial charge in [-0.15, -0.1) is 10.2 Å². The molecule has 1 aliphatic rings. The molecule has 40 nitrogen and oxygen atoms in total. The molecule has 0 radical (unpaired) electrons. The third kappa shape index (κ3) is 26.7. The first-order valence-electron chi connectivity index (χ1n) is 41.1. The smallest absolute Gasteiger partial charge is 0.277 e. The van der Waals surface area contributed by atoms with Crippen molar-refractivity contribution < 1.29 is 167 Å². The first-order chi connectivity index (χ1) is 68.2. The Morgan fingerprint density at radius 2 is 0.819 bits per heavy atom. The van der Waals surface area contributed by atoms with Crippen LogP contribution in [0.15, 0.2) is 274 Å². The fourth-order valence-corrected chi connectivity index (χ4v) is 14.8. The van der Waals surface area contributed by atoms with Gasteiger partial charge >= 0.3 is 0 Å². The predicted octanol–water partition coefficient (Wildman–Crippen LogP) is 18.3. The van der Waals surface area contributed by atoms with E-state index in [0.717, 1.165) is 35.6 Å². The molecule has 0 fully saturated rings. The topological polar surface area (TPSA) is 728 Å². The fourth-order valence-electron chi connectivity index (χ4n) is 13.0. The Morgan fingerprint density at radius 1 is 0.389 bits per heavy atom. The average Bonchev–Trinajstić information content (AvgIpc) is 1.51. The number of hydrogen-bond donors (Lipinski definition) is 28. The van der Waals surface area contributed by atoms with Crippen LogP contribution in [0.1, 0.15) is 73.5 Å². The fraction of sp³-hybridized carbons (Fsp3) is 0.0396. The van der Waals surface area contributed by atoms with Crippen LogP contribution in [-0.2, 0) is 11.2 Å². The zero-order valence-corrected chi connectivity index (χ0v) is 77.7. The minimum atomic E-state index is -0.553.